The number of amides is 2. The summed E-state index contributed by atoms with van der Waals surface area (Å²) in [5.74, 6) is -0.0546. The van der Waals surface area contributed by atoms with Crippen molar-refractivity contribution in [3.63, 3.8) is 0 Å². The smallest absolute Gasteiger partial charge is 0.249 e. The predicted molar refractivity (Wildman–Crippen MR) is 90.5 cm³/mol. The first-order chi connectivity index (χ1) is 11.2. The maximum absolute atomic E-state index is 12.5. The number of piperidine rings is 2. The van der Waals surface area contributed by atoms with Crippen LogP contribution in [-0.4, -0.2) is 85.3 Å². The van der Waals surface area contributed by atoms with Crippen LogP contribution in [0.25, 0.3) is 0 Å². The number of carbonyl (C=O) groups excluding carboxylic acids is 2. The average molecular weight is 341 g/mol. The molecule has 0 aromatic carbocycles. The third kappa shape index (κ3) is 3.90. The lowest BCUT2D eigenvalue weighted by molar-refractivity contribution is -0.162. The van der Waals surface area contributed by atoms with E-state index in [1.165, 1.54) is 7.11 Å². The molecule has 2 fully saturated rings. The Morgan fingerprint density at radius 2 is 1.92 bits per heavy atom. The molecule has 1 atom stereocenters. The van der Waals surface area contributed by atoms with E-state index in [1.54, 1.807) is 11.9 Å². The number of carbonyl (C=O) groups is 2. The predicted octanol–water partition coefficient (Wildman–Crippen LogP) is -0.167. The Balaban J connectivity index is 2.06. The number of ether oxygens (including phenoxy) is 1. The summed E-state index contributed by atoms with van der Waals surface area (Å²) in [5.41, 5.74) is -0.655. The second-order valence-electron chi connectivity index (χ2n) is 7.74. The summed E-state index contributed by atoms with van der Waals surface area (Å²) in [7, 11) is 3.16. The van der Waals surface area contributed by atoms with Gasteiger partial charge in [0.25, 0.3) is 0 Å². The highest BCUT2D eigenvalue weighted by atomic mass is 16.5. The topological polar surface area (TPSA) is 82.1 Å². The molecule has 24 heavy (non-hydrogen) atoms. The molecule has 0 aromatic heterocycles. The third-order valence-electron chi connectivity index (χ3n) is 5.76. The minimum absolute atomic E-state index is 0.0210. The molecule has 0 saturated carbocycles. The van der Waals surface area contributed by atoms with Crippen LogP contribution in [0.2, 0.25) is 0 Å². The molecule has 0 radical (unpaired) electrons. The van der Waals surface area contributed by atoms with Crippen molar-refractivity contribution in [1.82, 2.24) is 15.1 Å². The van der Waals surface area contributed by atoms with E-state index in [1.807, 2.05) is 13.8 Å². The molecule has 7 heteroatoms. The molecule has 2 heterocycles. The van der Waals surface area contributed by atoms with E-state index in [0.29, 0.717) is 19.5 Å². The summed E-state index contributed by atoms with van der Waals surface area (Å²) in [5, 5.41) is 13.3. The summed E-state index contributed by atoms with van der Waals surface area (Å²) in [4.78, 5) is 27.9. The lowest BCUT2D eigenvalue weighted by atomic mass is 9.67. The number of rotatable bonds is 4. The van der Waals surface area contributed by atoms with Crippen molar-refractivity contribution in [2.24, 2.45) is 5.41 Å². The first-order valence-corrected chi connectivity index (χ1v) is 8.64. The standard InChI is InChI=1S/C17H31N3O4/c1-16(2)13(21)9-17(12-20(16)15(23)11-24-4)5-7-19(8-6-17)10-14(22)18-3/h13,21H,5-12H2,1-4H3,(H,18,22). The molecule has 1 unspecified atom stereocenters. The van der Waals surface area contributed by atoms with Crippen molar-refractivity contribution in [1.29, 1.82) is 0 Å². The first-order valence-electron chi connectivity index (χ1n) is 8.64. The fourth-order valence-corrected chi connectivity index (χ4v) is 3.88. The van der Waals surface area contributed by atoms with Crippen LogP contribution in [0.5, 0.6) is 0 Å². The van der Waals surface area contributed by atoms with Gasteiger partial charge < -0.3 is 20.1 Å². The van der Waals surface area contributed by atoms with Gasteiger partial charge in [0, 0.05) is 20.7 Å². The van der Waals surface area contributed by atoms with Gasteiger partial charge in [0.2, 0.25) is 11.8 Å². The lowest BCUT2D eigenvalue weighted by Gasteiger charge is -2.56. The van der Waals surface area contributed by atoms with E-state index in [2.05, 4.69) is 10.2 Å². The van der Waals surface area contributed by atoms with Crippen LogP contribution in [0.3, 0.4) is 0 Å². The van der Waals surface area contributed by atoms with Gasteiger partial charge in [-0.1, -0.05) is 0 Å². The Morgan fingerprint density at radius 3 is 2.46 bits per heavy atom. The second kappa shape index (κ2) is 7.37. The van der Waals surface area contributed by atoms with Gasteiger partial charge in [-0.25, -0.2) is 0 Å². The molecule has 138 valence electrons. The molecule has 7 nitrogen and oxygen atoms in total. The van der Waals surface area contributed by atoms with Crippen LogP contribution in [0.4, 0.5) is 0 Å². The molecule has 0 aromatic rings. The number of methoxy groups -OCH3 is 1. The maximum Gasteiger partial charge on any atom is 0.249 e. The van der Waals surface area contributed by atoms with Crippen LogP contribution in [0, 0.1) is 5.41 Å². The lowest BCUT2D eigenvalue weighted by Crippen LogP contribution is -2.65. The minimum Gasteiger partial charge on any atom is -0.391 e. The van der Waals surface area contributed by atoms with E-state index in [0.717, 1.165) is 25.9 Å². The van der Waals surface area contributed by atoms with Gasteiger partial charge in [-0.2, -0.15) is 0 Å². The Hall–Kier alpha value is -1.18. The number of aliphatic hydroxyl groups excluding tert-OH is 1. The number of hydrogen-bond donors (Lipinski definition) is 2. The largest absolute Gasteiger partial charge is 0.391 e. The number of nitrogens with one attached hydrogen (secondary N) is 1. The molecule has 0 aliphatic carbocycles. The van der Waals surface area contributed by atoms with Gasteiger partial charge in [0.1, 0.15) is 6.61 Å². The van der Waals surface area contributed by atoms with Gasteiger partial charge >= 0.3 is 0 Å². The second-order valence-corrected chi connectivity index (χ2v) is 7.74. The fraction of sp³-hybridized carbons (Fsp3) is 0.882. The van der Waals surface area contributed by atoms with Crippen molar-refractivity contribution in [3.05, 3.63) is 0 Å². The summed E-state index contributed by atoms with van der Waals surface area (Å²) in [6.07, 6.45) is 1.91. The van der Waals surface area contributed by atoms with Crippen molar-refractivity contribution in [2.75, 3.05) is 46.9 Å². The van der Waals surface area contributed by atoms with Gasteiger partial charge in [0.15, 0.2) is 0 Å². The maximum atomic E-state index is 12.5. The van der Waals surface area contributed by atoms with Crippen molar-refractivity contribution in [2.45, 2.75) is 44.8 Å². The minimum atomic E-state index is -0.583. The zero-order valence-corrected chi connectivity index (χ0v) is 15.3. The third-order valence-corrected chi connectivity index (χ3v) is 5.76. The molecule has 1 spiro atoms. The van der Waals surface area contributed by atoms with Crippen LogP contribution in [-0.2, 0) is 14.3 Å². The highest BCUT2D eigenvalue weighted by Crippen LogP contribution is 2.45. The Labute approximate surface area is 144 Å². The SMILES string of the molecule is CNC(=O)CN1CCC2(CC1)CC(O)C(C)(C)N(C(=O)COC)C2. The first kappa shape index (κ1) is 19.1. The highest BCUT2D eigenvalue weighted by Gasteiger charge is 2.50. The number of hydrogen-bond acceptors (Lipinski definition) is 5. The summed E-state index contributed by atoms with van der Waals surface area (Å²) >= 11 is 0. The molecular formula is C17H31N3O4. The summed E-state index contributed by atoms with van der Waals surface area (Å²) < 4.78 is 5.01. The van der Waals surface area contributed by atoms with Gasteiger partial charge in [-0.3, -0.25) is 14.5 Å². The number of nitrogens with zero attached hydrogens (tertiary/aromatic N) is 2. The number of aliphatic hydroxyl groups is 1. The number of likely N-dealkylation sites (N-methyl/N-ethyl adjacent to an activating group) is 1. The Kier molecular flexibility index (Phi) is 5.88. The Morgan fingerprint density at radius 1 is 1.29 bits per heavy atom. The molecule has 2 aliphatic heterocycles. The number of likely N-dealkylation sites (tertiary alicyclic amines) is 2. The molecule has 2 amide bonds. The van der Waals surface area contributed by atoms with Crippen molar-refractivity contribution < 1.29 is 19.4 Å². The normalized spacial score (nSPS) is 26.4. The van der Waals surface area contributed by atoms with Gasteiger partial charge in [-0.05, 0) is 51.6 Å². The van der Waals surface area contributed by atoms with Crippen molar-refractivity contribution in [3.8, 4) is 0 Å². The van der Waals surface area contributed by atoms with Crippen LogP contribution >= 0.6 is 0 Å². The van der Waals surface area contributed by atoms with Gasteiger partial charge in [-0.15, -0.1) is 0 Å². The van der Waals surface area contributed by atoms with E-state index < -0.39 is 11.6 Å². The molecular weight excluding hydrogens is 310 g/mol. The van der Waals surface area contributed by atoms with Crippen LogP contribution in [0.15, 0.2) is 0 Å². The van der Waals surface area contributed by atoms with Crippen molar-refractivity contribution >= 4 is 11.8 Å². The summed E-state index contributed by atoms with van der Waals surface area (Å²) in [6, 6.07) is 0. The monoisotopic (exact) mass is 341 g/mol. The van der Waals surface area contributed by atoms with E-state index in [-0.39, 0.29) is 23.8 Å². The summed E-state index contributed by atoms with van der Waals surface area (Å²) in [6.45, 7) is 6.55. The highest BCUT2D eigenvalue weighted by molar-refractivity contribution is 5.78. The molecule has 0 bridgehead atoms. The zero-order chi connectivity index (χ0) is 18.0. The quantitative estimate of drug-likeness (QED) is 0.742. The van der Waals surface area contributed by atoms with Crippen LogP contribution in [0.1, 0.15) is 33.1 Å². The molecule has 2 saturated heterocycles. The zero-order valence-electron chi connectivity index (χ0n) is 15.3. The molecule has 2 rings (SSSR count). The van der Waals surface area contributed by atoms with E-state index >= 15 is 0 Å². The van der Waals surface area contributed by atoms with E-state index in [4.69, 9.17) is 4.74 Å². The molecule has 2 aliphatic rings. The van der Waals surface area contributed by atoms with Crippen LogP contribution < -0.4 is 5.32 Å². The van der Waals surface area contributed by atoms with Gasteiger partial charge in [0.05, 0.1) is 18.2 Å². The Bertz CT molecular complexity index is 472. The average Bonchev–Trinajstić information content (AvgIpc) is 2.53. The fourth-order valence-electron chi connectivity index (χ4n) is 3.88. The van der Waals surface area contributed by atoms with E-state index in [9.17, 15) is 14.7 Å². The molecule has 2 N–H and O–H groups in total.